The highest BCUT2D eigenvalue weighted by atomic mass is 35.5. The molecule has 130 valence electrons. The fourth-order valence-corrected chi connectivity index (χ4v) is 3.31. The molecular weight excluding hydrogens is 333 g/mol. The van der Waals surface area contributed by atoms with Crippen LogP contribution in [0.1, 0.15) is 30.9 Å². The highest BCUT2D eigenvalue weighted by Crippen LogP contribution is 2.19. The normalized spacial score (nSPS) is 22.0. The van der Waals surface area contributed by atoms with Crippen molar-refractivity contribution in [3.63, 3.8) is 0 Å². The first-order chi connectivity index (χ1) is 10.3. The maximum Gasteiger partial charge on any atom is 0.224 e. The van der Waals surface area contributed by atoms with Crippen molar-refractivity contribution in [3.8, 4) is 0 Å². The molecular formula is C17H27Cl2N3O. The lowest BCUT2D eigenvalue weighted by molar-refractivity contribution is -0.125. The maximum atomic E-state index is 12.4. The van der Waals surface area contributed by atoms with Crippen LogP contribution >= 0.6 is 24.8 Å². The fraction of sp³-hybridized carbons (Fsp3) is 0.588. The zero-order valence-electron chi connectivity index (χ0n) is 13.4. The Bertz CT molecular complexity index is 460. The molecule has 3 rings (SSSR count). The third kappa shape index (κ3) is 5.64. The summed E-state index contributed by atoms with van der Waals surface area (Å²) in [7, 11) is 0. The van der Waals surface area contributed by atoms with Crippen LogP contribution in [0.5, 0.6) is 0 Å². The third-order valence-corrected chi connectivity index (χ3v) is 4.59. The molecule has 1 amide bonds. The van der Waals surface area contributed by atoms with Gasteiger partial charge in [0.25, 0.3) is 0 Å². The number of amides is 1. The summed E-state index contributed by atoms with van der Waals surface area (Å²) >= 11 is 0. The third-order valence-electron chi connectivity index (χ3n) is 4.59. The van der Waals surface area contributed by atoms with Crippen molar-refractivity contribution in [2.45, 2.75) is 25.3 Å². The number of benzene rings is 1. The van der Waals surface area contributed by atoms with Gasteiger partial charge in [-0.3, -0.25) is 4.79 Å². The van der Waals surface area contributed by atoms with E-state index in [4.69, 9.17) is 0 Å². The topological polar surface area (TPSA) is 44.4 Å². The van der Waals surface area contributed by atoms with Crippen molar-refractivity contribution in [2.75, 3.05) is 32.7 Å². The molecule has 0 aromatic heterocycles. The molecule has 0 spiro atoms. The van der Waals surface area contributed by atoms with Crippen LogP contribution in [0.15, 0.2) is 30.3 Å². The van der Waals surface area contributed by atoms with Crippen LogP contribution in [0.3, 0.4) is 0 Å². The maximum absolute atomic E-state index is 12.4. The van der Waals surface area contributed by atoms with Crippen molar-refractivity contribution in [3.05, 3.63) is 35.9 Å². The highest BCUT2D eigenvalue weighted by molar-refractivity contribution is 5.85. The Kier molecular flexibility index (Phi) is 8.92. The zero-order valence-corrected chi connectivity index (χ0v) is 15.0. The number of halogens is 2. The second-order valence-electron chi connectivity index (χ2n) is 6.17. The van der Waals surface area contributed by atoms with Gasteiger partial charge in [0.2, 0.25) is 5.91 Å². The summed E-state index contributed by atoms with van der Waals surface area (Å²) in [5, 5.41) is 6.55. The number of likely N-dealkylation sites (tertiary alicyclic amines) is 1. The van der Waals surface area contributed by atoms with E-state index in [-0.39, 0.29) is 42.7 Å². The Hall–Kier alpha value is -0.810. The molecule has 2 aliphatic heterocycles. The monoisotopic (exact) mass is 359 g/mol. The predicted octanol–water partition coefficient (Wildman–Crippen LogP) is 2.39. The van der Waals surface area contributed by atoms with Crippen LogP contribution in [0.2, 0.25) is 0 Å². The zero-order chi connectivity index (χ0) is 14.5. The fourth-order valence-electron chi connectivity index (χ4n) is 3.31. The quantitative estimate of drug-likeness (QED) is 0.848. The van der Waals surface area contributed by atoms with Crippen LogP contribution in [-0.2, 0) is 4.79 Å². The van der Waals surface area contributed by atoms with Gasteiger partial charge < -0.3 is 15.5 Å². The summed E-state index contributed by atoms with van der Waals surface area (Å²) in [6, 6.07) is 10.5. The molecule has 2 aliphatic rings. The smallest absolute Gasteiger partial charge is 0.224 e. The molecule has 2 saturated heterocycles. The van der Waals surface area contributed by atoms with E-state index >= 15 is 0 Å². The number of carbonyl (C=O) groups is 1. The van der Waals surface area contributed by atoms with E-state index in [1.807, 2.05) is 6.07 Å². The minimum Gasteiger partial charge on any atom is -0.348 e. The van der Waals surface area contributed by atoms with Crippen LogP contribution < -0.4 is 10.6 Å². The van der Waals surface area contributed by atoms with E-state index in [2.05, 4.69) is 39.8 Å². The molecule has 1 aromatic rings. The first kappa shape index (κ1) is 20.2. The Balaban J connectivity index is 0.00000132. The molecule has 0 bridgehead atoms. The van der Waals surface area contributed by atoms with Gasteiger partial charge in [-0.05, 0) is 44.5 Å². The van der Waals surface area contributed by atoms with E-state index < -0.39 is 0 Å². The van der Waals surface area contributed by atoms with Crippen molar-refractivity contribution in [1.29, 1.82) is 0 Å². The Labute approximate surface area is 151 Å². The van der Waals surface area contributed by atoms with Crippen LogP contribution in [-0.4, -0.2) is 43.5 Å². The number of hydrogen-bond acceptors (Lipinski definition) is 3. The average molecular weight is 360 g/mol. The van der Waals surface area contributed by atoms with Gasteiger partial charge in [0.15, 0.2) is 0 Å². The van der Waals surface area contributed by atoms with Gasteiger partial charge in [-0.2, -0.15) is 0 Å². The van der Waals surface area contributed by atoms with Crippen LogP contribution in [0, 0.1) is 5.92 Å². The molecule has 2 fully saturated rings. The highest BCUT2D eigenvalue weighted by Gasteiger charge is 2.26. The van der Waals surface area contributed by atoms with Crippen molar-refractivity contribution < 1.29 is 4.79 Å². The number of hydrogen-bond donors (Lipinski definition) is 2. The standard InChI is InChI=1S/C17H25N3O.2ClH/c21-17(15-8-9-18-12-15)19-16(13-20-10-4-5-11-20)14-6-2-1-3-7-14;;/h1-3,6-7,15-16,18H,4-5,8-13H2,(H,19,21);2*1H. The molecule has 0 aliphatic carbocycles. The Morgan fingerprint density at radius 3 is 2.52 bits per heavy atom. The van der Waals surface area contributed by atoms with Crippen LogP contribution in [0.25, 0.3) is 0 Å². The van der Waals surface area contributed by atoms with E-state index in [1.54, 1.807) is 0 Å². The molecule has 6 heteroatoms. The van der Waals surface area contributed by atoms with Crippen molar-refractivity contribution in [2.24, 2.45) is 5.92 Å². The summed E-state index contributed by atoms with van der Waals surface area (Å²) in [4.78, 5) is 14.9. The molecule has 4 nitrogen and oxygen atoms in total. The summed E-state index contributed by atoms with van der Waals surface area (Å²) in [5.74, 6) is 0.336. The first-order valence-electron chi connectivity index (χ1n) is 8.11. The van der Waals surface area contributed by atoms with Crippen LogP contribution in [0.4, 0.5) is 0 Å². The molecule has 0 radical (unpaired) electrons. The molecule has 0 saturated carbocycles. The Morgan fingerprint density at radius 2 is 1.91 bits per heavy atom. The molecule has 2 atom stereocenters. The van der Waals surface area contributed by atoms with Gasteiger partial charge >= 0.3 is 0 Å². The van der Waals surface area contributed by atoms with E-state index in [0.29, 0.717) is 0 Å². The molecule has 2 unspecified atom stereocenters. The molecule has 1 aromatic carbocycles. The van der Waals surface area contributed by atoms with Gasteiger partial charge in [0, 0.05) is 13.1 Å². The van der Waals surface area contributed by atoms with Gasteiger partial charge in [-0.1, -0.05) is 30.3 Å². The van der Waals surface area contributed by atoms with Gasteiger partial charge in [0.05, 0.1) is 12.0 Å². The summed E-state index contributed by atoms with van der Waals surface area (Å²) in [6.45, 7) is 5.02. The number of nitrogens with one attached hydrogen (secondary N) is 2. The van der Waals surface area contributed by atoms with Gasteiger partial charge in [-0.25, -0.2) is 0 Å². The lowest BCUT2D eigenvalue weighted by Gasteiger charge is -2.26. The Morgan fingerprint density at radius 1 is 1.22 bits per heavy atom. The minimum atomic E-state index is 0. The van der Waals surface area contributed by atoms with E-state index in [0.717, 1.165) is 39.1 Å². The predicted molar refractivity (Wildman–Crippen MR) is 98.5 cm³/mol. The van der Waals surface area contributed by atoms with E-state index in [1.165, 1.54) is 18.4 Å². The van der Waals surface area contributed by atoms with E-state index in [9.17, 15) is 4.79 Å². The second kappa shape index (κ2) is 10.1. The summed E-state index contributed by atoms with van der Waals surface area (Å²) in [6.07, 6.45) is 3.51. The SMILES string of the molecule is Cl.Cl.O=C(NC(CN1CCCC1)c1ccccc1)C1CCNC1. The van der Waals surface area contributed by atoms with Gasteiger partial charge in [0.1, 0.15) is 0 Å². The van der Waals surface area contributed by atoms with Crippen molar-refractivity contribution >= 4 is 30.7 Å². The molecule has 2 N–H and O–H groups in total. The minimum absolute atomic E-state index is 0. The number of rotatable bonds is 5. The van der Waals surface area contributed by atoms with Crippen molar-refractivity contribution in [1.82, 2.24) is 15.5 Å². The summed E-state index contributed by atoms with van der Waals surface area (Å²) in [5.41, 5.74) is 1.21. The second-order valence-corrected chi connectivity index (χ2v) is 6.17. The molecule has 2 heterocycles. The largest absolute Gasteiger partial charge is 0.348 e. The number of nitrogens with zero attached hydrogens (tertiary/aromatic N) is 1. The van der Waals surface area contributed by atoms with Gasteiger partial charge in [-0.15, -0.1) is 24.8 Å². The first-order valence-corrected chi connectivity index (χ1v) is 8.11. The lowest BCUT2D eigenvalue weighted by atomic mass is 10.0. The lowest BCUT2D eigenvalue weighted by Crippen LogP contribution is -2.40. The number of carbonyl (C=O) groups excluding carboxylic acids is 1. The summed E-state index contributed by atoms with van der Waals surface area (Å²) < 4.78 is 0. The molecule has 23 heavy (non-hydrogen) atoms. The average Bonchev–Trinajstić information content (AvgIpc) is 3.21.